The molecule has 2 saturated carbocycles. The van der Waals surface area contributed by atoms with Gasteiger partial charge < -0.3 is 5.11 Å². The molecule has 0 spiro atoms. The smallest absolute Gasteiger partial charge is 0.307 e. The van der Waals surface area contributed by atoms with Crippen LogP contribution in [0.2, 0.25) is 0 Å². The molecule has 2 nitrogen and oxygen atoms in total. The molecule has 4 aliphatic carbocycles. The molecule has 4 aliphatic rings. The molecule has 0 unspecified atom stereocenters. The molecule has 0 radical (unpaired) electrons. The lowest BCUT2D eigenvalue weighted by molar-refractivity contribution is -0.145. The van der Waals surface area contributed by atoms with Gasteiger partial charge in [-0.3, -0.25) is 4.79 Å². The number of fused-ring (bicyclic) bond motifs is 5. The van der Waals surface area contributed by atoms with E-state index in [1.165, 1.54) is 18.4 Å². The number of aliphatic carboxylic acids is 1. The third-order valence-electron chi connectivity index (χ3n) is 7.49. The van der Waals surface area contributed by atoms with Gasteiger partial charge >= 0.3 is 5.97 Å². The molecule has 0 bridgehead atoms. The summed E-state index contributed by atoms with van der Waals surface area (Å²) >= 11 is 0. The summed E-state index contributed by atoms with van der Waals surface area (Å²) in [6.07, 6.45) is 13.6. The first-order chi connectivity index (χ1) is 10.5. The van der Waals surface area contributed by atoms with E-state index in [0.29, 0.717) is 17.8 Å². The van der Waals surface area contributed by atoms with Crippen LogP contribution in [-0.4, -0.2) is 11.1 Å². The van der Waals surface area contributed by atoms with Gasteiger partial charge in [0.05, 0.1) is 5.92 Å². The molecule has 118 valence electrons. The highest BCUT2D eigenvalue weighted by Gasteiger charge is 2.58. The minimum atomic E-state index is -0.601. The van der Waals surface area contributed by atoms with E-state index in [-0.39, 0.29) is 16.7 Å². The number of allylic oxidation sites excluding steroid dienone is 3. The van der Waals surface area contributed by atoms with Crippen LogP contribution in [0.5, 0.6) is 0 Å². The third kappa shape index (κ3) is 1.71. The van der Waals surface area contributed by atoms with Crippen LogP contribution < -0.4 is 0 Å². The molecule has 0 aromatic heterocycles. The van der Waals surface area contributed by atoms with Gasteiger partial charge in [0.2, 0.25) is 0 Å². The zero-order valence-electron chi connectivity index (χ0n) is 13.6. The predicted octanol–water partition coefficient (Wildman–Crippen LogP) is 4.58. The molecule has 0 heterocycles. The van der Waals surface area contributed by atoms with Crippen LogP contribution in [0.4, 0.5) is 0 Å². The largest absolute Gasteiger partial charge is 0.481 e. The van der Waals surface area contributed by atoms with Crippen LogP contribution in [0.3, 0.4) is 0 Å². The zero-order valence-corrected chi connectivity index (χ0v) is 13.6. The van der Waals surface area contributed by atoms with Crippen molar-refractivity contribution in [3.8, 4) is 0 Å². The second kappa shape index (κ2) is 4.61. The van der Waals surface area contributed by atoms with Crippen molar-refractivity contribution in [1.82, 2.24) is 0 Å². The highest BCUT2D eigenvalue weighted by molar-refractivity contribution is 5.72. The maximum absolute atomic E-state index is 11.7. The Labute approximate surface area is 133 Å². The highest BCUT2D eigenvalue weighted by atomic mass is 16.4. The highest BCUT2D eigenvalue weighted by Crippen LogP contribution is 2.63. The first kappa shape index (κ1) is 14.3. The Bertz CT molecular complexity index is 609. The van der Waals surface area contributed by atoms with Gasteiger partial charge in [0, 0.05) is 10.8 Å². The van der Waals surface area contributed by atoms with Crippen LogP contribution in [0, 0.1) is 34.5 Å². The van der Waals surface area contributed by atoms with E-state index in [9.17, 15) is 9.90 Å². The average molecular weight is 298 g/mol. The van der Waals surface area contributed by atoms with Crippen LogP contribution in [-0.2, 0) is 4.79 Å². The number of hydrogen-bond acceptors (Lipinski definition) is 1. The van der Waals surface area contributed by atoms with Gasteiger partial charge in [-0.2, -0.15) is 0 Å². The fourth-order valence-electron chi connectivity index (χ4n) is 6.22. The van der Waals surface area contributed by atoms with Gasteiger partial charge in [0.15, 0.2) is 0 Å². The normalized spacial score (nSPS) is 49.1. The molecule has 22 heavy (non-hydrogen) atoms. The van der Waals surface area contributed by atoms with Crippen molar-refractivity contribution in [3.63, 3.8) is 0 Å². The average Bonchev–Trinajstić information content (AvgIpc) is 2.84. The lowest BCUT2D eigenvalue weighted by atomic mass is 9.50. The Hall–Kier alpha value is -1.27. The van der Waals surface area contributed by atoms with E-state index < -0.39 is 5.97 Å². The fraction of sp³-hybridized carbons (Fsp3) is 0.700. The maximum Gasteiger partial charge on any atom is 0.307 e. The predicted molar refractivity (Wildman–Crippen MR) is 86.2 cm³/mol. The lowest BCUT2D eigenvalue weighted by Gasteiger charge is -2.54. The Morgan fingerprint density at radius 1 is 1.32 bits per heavy atom. The fourth-order valence-corrected chi connectivity index (χ4v) is 6.22. The minimum Gasteiger partial charge on any atom is -0.481 e. The molecule has 0 saturated heterocycles. The Kier molecular flexibility index (Phi) is 3.01. The second-order valence-corrected chi connectivity index (χ2v) is 8.31. The van der Waals surface area contributed by atoms with E-state index in [4.69, 9.17) is 0 Å². The van der Waals surface area contributed by atoms with Gasteiger partial charge in [-0.25, -0.2) is 0 Å². The standard InChI is InChI=1S/C20H26O2/c1-19-11-4-3-5-13(19)6-7-14-15-8-9-17(18(21)22)20(15,2)12-10-16(14)19/h3,10,12,14-17H,4,6-9,11H2,1-2H3,(H,21,22)/t14-,15-,16-,17+,19-,20-/m0/s1. The van der Waals surface area contributed by atoms with E-state index in [1.807, 2.05) is 0 Å². The zero-order chi connectivity index (χ0) is 15.5. The van der Waals surface area contributed by atoms with Crippen molar-refractivity contribution >= 4 is 5.97 Å². The molecule has 1 N–H and O–H groups in total. The molecule has 2 heteroatoms. The second-order valence-electron chi connectivity index (χ2n) is 8.31. The van der Waals surface area contributed by atoms with Gasteiger partial charge in [-0.05, 0) is 67.9 Å². The number of carboxylic acid groups (broad SMARTS) is 1. The van der Waals surface area contributed by atoms with Crippen LogP contribution >= 0.6 is 0 Å². The summed E-state index contributed by atoms with van der Waals surface area (Å²) in [6, 6.07) is 0. The topological polar surface area (TPSA) is 37.3 Å². The van der Waals surface area contributed by atoms with Gasteiger partial charge in [0.25, 0.3) is 0 Å². The van der Waals surface area contributed by atoms with E-state index in [1.54, 1.807) is 0 Å². The summed E-state index contributed by atoms with van der Waals surface area (Å²) in [5.41, 5.74) is 5.20. The van der Waals surface area contributed by atoms with E-state index in [0.717, 1.165) is 25.7 Å². The third-order valence-corrected chi connectivity index (χ3v) is 7.49. The van der Waals surface area contributed by atoms with Gasteiger partial charge in [0.1, 0.15) is 0 Å². The van der Waals surface area contributed by atoms with Gasteiger partial charge in [-0.1, -0.05) is 26.0 Å². The number of rotatable bonds is 1. The Morgan fingerprint density at radius 2 is 2.14 bits per heavy atom. The summed E-state index contributed by atoms with van der Waals surface area (Å²) in [6.45, 7) is 4.63. The van der Waals surface area contributed by atoms with Crippen LogP contribution in [0.1, 0.15) is 52.4 Å². The minimum absolute atomic E-state index is 0.130. The summed E-state index contributed by atoms with van der Waals surface area (Å²) < 4.78 is 0. The molecule has 6 atom stereocenters. The number of carboxylic acids is 1. The Balaban J connectivity index is 1.76. The lowest BCUT2D eigenvalue weighted by Crippen LogP contribution is -2.47. The SMILES string of the molecule is C[C@]12C=C[C@H]3[C@@H](CCC4=C=CCC[C@@]43C)[C@@H]1CC[C@@H]2C(=O)O. The molecule has 0 aromatic rings. The first-order valence-corrected chi connectivity index (χ1v) is 8.83. The summed E-state index contributed by atoms with van der Waals surface area (Å²) in [5, 5.41) is 9.60. The van der Waals surface area contributed by atoms with E-state index >= 15 is 0 Å². The quantitative estimate of drug-likeness (QED) is 0.568. The summed E-state index contributed by atoms with van der Waals surface area (Å²) in [4.78, 5) is 11.7. The molecule has 2 fully saturated rings. The van der Waals surface area contributed by atoms with Crippen molar-refractivity contribution < 1.29 is 9.90 Å². The van der Waals surface area contributed by atoms with Crippen LogP contribution in [0.15, 0.2) is 29.5 Å². The molecule has 0 aromatic carbocycles. The van der Waals surface area contributed by atoms with Crippen molar-refractivity contribution in [2.45, 2.75) is 52.4 Å². The number of hydrogen-bond donors (Lipinski definition) is 1. The molecule has 0 amide bonds. The van der Waals surface area contributed by atoms with E-state index in [2.05, 4.69) is 37.8 Å². The van der Waals surface area contributed by atoms with Crippen molar-refractivity contribution in [2.75, 3.05) is 0 Å². The van der Waals surface area contributed by atoms with Crippen molar-refractivity contribution in [1.29, 1.82) is 0 Å². The van der Waals surface area contributed by atoms with Gasteiger partial charge in [-0.15, -0.1) is 5.73 Å². The Morgan fingerprint density at radius 3 is 2.91 bits per heavy atom. The maximum atomic E-state index is 11.7. The number of carbonyl (C=O) groups is 1. The molecular weight excluding hydrogens is 272 g/mol. The molecule has 0 aliphatic heterocycles. The molecular formula is C20H26O2. The van der Waals surface area contributed by atoms with Crippen LogP contribution in [0.25, 0.3) is 0 Å². The molecule has 4 rings (SSSR count). The summed E-state index contributed by atoms with van der Waals surface area (Å²) in [7, 11) is 0. The van der Waals surface area contributed by atoms with Crippen molar-refractivity contribution in [2.24, 2.45) is 34.5 Å². The first-order valence-electron chi connectivity index (χ1n) is 8.83. The van der Waals surface area contributed by atoms with Crippen molar-refractivity contribution in [3.05, 3.63) is 29.5 Å². The summed E-state index contributed by atoms with van der Waals surface area (Å²) in [5.74, 6) is 1.01. The monoisotopic (exact) mass is 298 g/mol.